The number of nitrogens with one attached hydrogen (secondary N) is 1. The summed E-state index contributed by atoms with van der Waals surface area (Å²) >= 11 is 8.25. The van der Waals surface area contributed by atoms with Gasteiger partial charge in [0.15, 0.2) is 0 Å². The average molecular weight is 668 g/mol. The van der Waals surface area contributed by atoms with Crippen LogP contribution in [-0.4, -0.2) is 72.3 Å². The van der Waals surface area contributed by atoms with E-state index in [0.29, 0.717) is 29.6 Å². The van der Waals surface area contributed by atoms with E-state index < -0.39 is 11.2 Å². The molecule has 5 aromatic rings. The van der Waals surface area contributed by atoms with Gasteiger partial charge in [0.1, 0.15) is 11.4 Å². The Morgan fingerprint density at radius 1 is 0.872 bits per heavy atom. The molecule has 0 aliphatic carbocycles. The maximum absolute atomic E-state index is 13.8. The number of fused-ring (bicyclic) bond motifs is 1. The number of aromatic nitrogens is 1. The van der Waals surface area contributed by atoms with Crippen LogP contribution in [0.5, 0.6) is 5.75 Å². The summed E-state index contributed by atoms with van der Waals surface area (Å²) < 4.78 is 11.0. The van der Waals surface area contributed by atoms with Gasteiger partial charge in [0.25, 0.3) is 0 Å². The third kappa shape index (κ3) is 7.20. The molecule has 1 atom stereocenters. The highest BCUT2D eigenvalue weighted by molar-refractivity contribution is 8.00. The lowest BCUT2D eigenvalue weighted by atomic mass is 9.96. The first-order valence-corrected chi connectivity index (χ1v) is 17.3. The number of piperazine rings is 1. The molecule has 1 amide bonds. The van der Waals surface area contributed by atoms with E-state index >= 15 is 0 Å². The van der Waals surface area contributed by atoms with Crippen molar-refractivity contribution in [3.8, 4) is 5.75 Å². The summed E-state index contributed by atoms with van der Waals surface area (Å²) in [5, 5.41) is 0.958. The zero-order chi connectivity index (χ0) is 32.8. The fraction of sp³-hybridized carbons (Fsp3) is 0.263. The van der Waals surface area contributed by atoms with Crippen molar-refractivity contribution in [1.29, 1.82) is 0 Å². The van der Waals surface area contributed by atoms with Crippen molar-refractivity contribution in [2.75, 3.05) is 45.6 Å². The topological polar surface area (TPSA) is 74.9 Å². The Bertz CT molecular complexity index is 1780. The summed E-state index contributed by atoms with van der Waals surface area (Å²) in [6.07, 6.45) is 0. The summed E-state index contributed by atoms with van der Waals surface area (Å²) in [4.78, 5) is 34.8. The van der Waals surface area contributed by atoms with Crippen molar-refractivity contribution in [2.24, 2.45) is 0 Å². The van der Waals surface area contributed by atoms with Crippen LogP contribution in [0.3, 0.4) is 0 Å². The van der Waals surface area contributed by atoms with E-state index in [9.17, 15) is 9.59 Å². The van der Waals surface area contributed by atoms with Gasteiger partial charge in [0.05, 0.1) is 30.8 Å². The largest absolute Gasteiger partial charge is 0.497 e. The van der Waals surface area contributed by atoms with Gasteiger partial charge in [-0.3, -0.25) is 9.69 Å². The summed E-state index contributed by atoms with van der Waals surface area (Å²) in [7, 11) is 1.61. The summed E-state index contributed by atoms with van der Waals surface area (Å²) in [6.45, 7) is 4.79. The molecular weight excluding hydrogens is 630 g/mol. The first kappa shape index (κ1) is 32.7. The van der Waals surface area contributed by atoms with Gasteiger partial charge in [0.2, 0.25) is 5.91 Å². The third-order valence-corrected chi connectivity index (χ3v) is 10.2. The number of nitrogens with zero attached hydrogens (tertiary/aromatic N) is 2. The number of methoxy groups -OCH3 is 1. The number of hydrogen-bond acceptors (Lipinski definition) is 6. The number of rotatable bonds is 11. The second kappa shape index (κ2) is 15.1. The molecule has 47 heavy (non-hydrogen) atoms. The van der Waals surface area contributed by atoms with Gasteiger partial charge in [0, 0.05) is 47.7 Å². The van der Waals surface area contributed by atoms with Crippen LogP contribution >= 0.6 is 23.4 Å². The van der Waals surface area contributed by atoms with Crippen molar-refractivity contribution in [3.05, 3.63) is 136 Å². The number of hydrogen-bond donors (Lipinski definition) is 1. The van der Waals surface area contributed by atoms with Gasteiger partial charge in [-0.05, 0) is 47.9 Å². The molecule has 1 N–H and O–H groups in total. The van der Waals surface area contributed by atoms with E-state index in [2.05, 4.69) is 58.4 Å². The summed E-state index contributed by atoms with van der Waals surface area (Å²) in [5.74, 6) is 0.478. The first-order chi connectivity index (χ1) is 23.0. The van der Waals surface area contributed by atoms with Crippen LogP contribution in [-0.2, 0) is 9.53 Å². The molecule has 2 heterocycles. The van der Waals surface area contributed by atoms with E-state index in [-0.39, 0.29) is 24.3 Å². The lowest BCUT2D eigenvalue weighted by Crippen LogP contribution is -2.50. The zero-order valence-corrected chi connectivity index (χ0v) is 28.1. The minimum absolute atomic E-state index is 0.0535. The number of carbonyl (C=O) groups excluding carboxylic acids is 2. The maximum Gasteiger partial charge on any atom is 0.355 e. The van der Waals surface area contributed by atoms with Crippen LogP contribution in [0.25, 0.3) is 10.9 Å². The summed E-state index contributed by atoms with van der Waals surface area (Å²) in [6, 6.07) is 34.4. The average Bonchev–Trinajstić information content (AvgIpc) is 3.49. The molecule has 0 bridgehead atoms. The fourth-order valence-electron chi connectivity index (χ4n) is 6.33. The minimum Gasteiger partial charge on any atom is -0.497 e. The number of benzene rings is 4. The third-order valence-electron chi connectivity index (χ3n) is 8.61. The number of esters is 1. The number of amides is 1. The second-order valence-electron chi connectivity index (χ2n) is 11.4. The number of halogens is 1. The molecule has 7 nitrogen and oxygen atoms in total. The van der Waals surface area contributed by atoms with Gasteiger partial charge in [-0.1, -0.05) is 90.5 Å². The van der Waals surface area contributed by atoms with Crippen LogP contribution in [0.2, 0.25) is 5.02 Å². The molecule has 1 saturated heterocycles. The van der Waals surface area contributed by atoms with E-state index in [4.69, 9.17) is 21.1 Å². The number of ether oxygens (including phenoxy) is 2. The minimum atomic E-state index is -0.454. The molecule has 1 aromatic heterocycles. The molecule has 1 aliphatic rings. The molecule has 6 rings (SSSR count). The van der Waals surface area contributed by atoms with Gasteiger partial charge >= 0.3 is 5.97 Å². The predicted octanol–water partition coefficient (Wildman–Crippen LogP) is 7.76. The monoisotopic (exact) mass is 667 g/mol. The van der Waals surface area contributed by atoms with Crippen molar-refractivity contribution < 1.29 is 19.1 Å². The molecule has 0 saturated carbocycles. The standard InChI is InChI=1S/C38H38ClN3O4S/c1-3-46-38(44)35-34(30-24-28(45-2)18-19-32(30)40-35)37(29-16-10-11-17-31(29)39)47-25-33(43)41-20-22-42(23-21-41)36(26-12-6-4-7-13-26)27-14-8-5-9-15-27/h4-19,24,36-37,40H,3,20-23,25H2,1-2H3. The van der Waals surface area contributed by atoms with Crippen LogP contribution in [0.15, 0.2) is 103 Å². The van der Waals surface area contributed by atoms with E-state index in [1.165, 1.54) is 22.9 Å². The molecule has 242 valence electrons. The molecule has 9 heteroatoms. The Morgan fingerprint density at radius 3 is 2.13 bits per heavy atom. The highest BCUT2D eigenvalue weighted by Crippen LogP contribution is 2.45. The zero-order valence-electron chi connectivity index (χ0n) is 26.5. The van der Waals surface area contributed by atoms with E-state index in [0.717, 1.165) is 35.1 Å². The fourth-order valence-corrected chi connectivity index (χ4v) is 7.93. The molecule has 1 aliphatic heterocycles. The Labute approximate surface area is 284 Å². The van der Waals surface area contributed by atoms with Gasteiger partial charge in [-0.2, -0.15) is 0 Å². The number of aromatic amines is 1. The maximum atomic E-state index is 13.8. The van der Waals surface area contributed by atoms with E-state index in [1.807, 2.05) is 59.5 Å². The Morgan fingerprint density at radius 2 is 1.51 bits per heavy atom. The van der Waals surface area contributed by atoms with Gasteiger partial charge < -0.3 is 19.4 Å². The smallest absolute Gasteiger partial charge is 0.355 e. The number of H-pyrrole nitrogens is 1. The van der Waals surface area contributed by atoms with Crippen LogP contribution in [0.4, 0.5) is 0 Å². The summed E-state index contributed by atoms with van der Waals surface area (Å²) in [5.41, 5.74) is 5.15. The Balaban J connectivity index is 1.25. The normalized spacial score (nSPS) is 14.3. The van der Waals surface area contributed by atoms with Crippen LogP contribution < -0.4 is 4.74 Å². The molecule has 1 fully saturated rings. The van der Waals surface area contributed by atoms with E-state index in [1.54, 1.807) is 14.0 Å². The Hall–Kier alpha value is -4.24. The van der Waals surface area contributed by atoms with Crippen molar-refractivity contribution in [2.45, 2.75) is 18.2 Å². The Kier molecular flexibility index (Phi) is 10.5. The number of thioether (sulfide) groups is 1. The molecule has 4 aromatic carbocycles. The second-order valence-corrected chi connectivity index (χ2v) is 12.9. The molecule has 0 spiro atoms. The molecule has 1 unspecified atom stereocenters. The highest BCUT2D eigenvalue weighted by atomic mass is 35.5. The van der Waals surface area contributed by atoms with Crippen LogP contribution in [0, 0.1) is 0 Å². The van der Waals surface area contributed by atoms with Crippen molar-refractivity contribution in [3.63, 3.8) is 0 Å². The van der Waals surface area contributed by atoms with Crippen molar-refractivity contribution in [1.82, 2.24) is 14.8 Å². The van der Waals surface area contributed by atoms with Gasteiger partial charge in [-0.25, -0.2) is 4.79 Å². The quantitative estimate of drug-likeness (QED) is 0.145. The molecule has 0 radical (unpaired) electrons. The predicted molar refractivity (Wildman–Crippen MR) is 189 cm³/mol. The van der Waals surface area contributed by atoms with Gasteiger partial charge in [-0.15, -0.1) is 11.8 Å². The molecular formula is C38H38ClN3O4S. The lowest BCUT2D eigenvalue weighted by molar-refractivity contribution is -0.130. The van der Waals surface area contributed by atoms with Crippen molar-refractivity contribution >= 4 is 46.1 Å². The number of carbonyl (C=O) groups is 2. The highest BCUT2D eigenvalue weighted by Gasteiger charge is 2.32. The first-order valence-electron chi connectivity index (χ1n) is 15.8. The lowest BCUT2D eigenvalue weighted by Gasteiger charge is -2.40. The SMILES string of the molecule is CCOC(=O)c1[nH]c2ccc(OC)cc2c1C(SCC(=O)N1CCN(C(c2ccccc2)c2ccccc2)CC1)c1ccccc1Cl. The van der Waals surface area contributed by atoms with Crippen LogP contribution in [0.1, 0.15) is 51.0 Å².